The van der Waals surface area contributed by atoms with E-state index in [-0.39, 0.29) is 11.2 Å². The maximum atomic E-state index is 10.8. The van der Waals surface area contributed by atoms with Crippen LogP contribution in [-0.2, 0) is 4.74 Å². The normalized spacial score (nSPS) is 21.4. The molecule has 1 saturated carbocycles. The summed E-state index contributed by atoms with van der Waals surface area (Å²) in [6.45, 7) is 4.33. The molecule has 0 radical (unpaired) electrons. The van der Waals surface area contributed by atoms with Gasteiger partial charge in [0.15, 0.2) is 0 Å². The van der Waals surface area contributed by atoms with E-state index >= 15 is 0 Å². The third-order valence-corrected chi connectivity index (χ3v) is 5.55. The molecule has 0 atom stereocenters. The first-order valence-corrected chi connectivity index (χ1v) is 8.99. The second-order valence-corrected chi connectivity index (χ2v) is 7.07. The minimum absolute atomic E-state index is 0.0195. The Hall–Kier alpha value is -1.37. The molecular weight excluding hydrogens is 330 g/mol. The van der Waals surface area contributed by atoms with E-state index in [1.807, 2.05) is 0 Å². The van der Waals surface area contributed by atoms with Crippen LogP contribution in [-0.4, -0.2) is 48.2 Å². The van der Waals surface area contributed by atoms with Crippen molar-refractivity contribution in [1.29, 1.82) is 0 Å². The van der Waals surface area contributed by atoms with Crippen molar-refractivity contribution in [2.45, 2.75) is 37.6 Å². The molecule has 1 aliphatic heterocycles. The second kappa shape index (κ2) is 7.68. The third-order valence-electron chi connectivity index (χ3n) is 5.24. The molecule has 0 amide bonds. The maximum absolute atomic E-state index is 10.8. The average Bonchev–Trinajstić information content (AvgIpc) is 2.62. The van der Waals surface area contributed by atoms with Gasteiger partial charge in [0.05, 0.1) is 28.8 Å². The molecule has 0 bridgehead atoms. The number of halogens is 1. The van der Waals surface area contributed by atoms with Gasteiger partial charge in [-0.05, 0) is 18.9 Å². The van der Waals surface area contributed by atoms with E-state index in [0.29, 0.717) is 5.02 Å². The number of nitrogens with one attached hydrogen (secondary N) is 1. The summed E-state index contributed by atoms with van der Waals surface area (Å²) < 4.78 is 5.51. The van der Waals surface area contributed by atoms with E-state index < -0.39 is 4.92 Å². The van der Waals surface area contributed by atoms with Gasteiger partial charge in [-0.3, -0.25) is 15.0 Å². The molecule has 0 spiro atoms. The molecule has 1 aromatic rings. The van der Waals surface area contributed by atoms with Crippen molar-refractivity contribution >= 4 is 23.0 Å². The van der Waals surface area contributed by atoms with Crippen LogP contribution in [0.4, 0.5) is 11.4 Å². The molecule has 7 heteroatoms. The van der Waals surface area contributed by atoms with E-state index in [0.717, 1.165) is 38.5 Å². The zero-order valence-electron chi connectivity index (χ0n) is 13.8. The van der Waals surface area contributed by atoms with Crippen LogP contribution in [0, 0.1) is 10.1 Å². The molecule has 132 valence electrons. The number of nitro benzene ring substituents is 1. The molecule has 3 rings (SSSR count). The van der Waals surface area contributed by atoms with Crippen molar-refractivity contribution in [3.63, 3.8) is 0 Å². The Morgan fingerprint density at radius 1 is 1.25 bits per heavy atom. The first-order chi connectivity index (χ1) is 11.6. The summed E-state index contributed by atoms with van der Waals surface area (Å²) in [5.74, 6) is 0. The van der Waals surface area contributed by atoms with Crippen LogP contribution in [0.15, 0.2) is 18.2 Å². The monoisotopic (exact) mass is 353 g/mol. The van der Waals surface area contributed by atoms with Gasteiger partial charge >= 0.3 is 0 Å². The molecule has 2 aliphatic rings. The zero-order valence-corrected chi connectivity index (χ0v) is 14.6. The summed E-state index contributed by atoms with van der Waals surface area (Å²) in [7, 11) is 0. The van der Waals surface area contributed by atoms with E-state index in [1.54, 1.807) is 6.07 Å². The van der Waals surface area contributed by atoms with Gasteiger partial charge in [-0.25, -0.2) is 0 Å². The molecular formula is C17H24ClN3O3. The molecule has 1 heterocycles. The quantitative estimate of drug-likeness (QED) is 0.645. The second-order valence-electron chi connectivity index (χ2n) is 6.66. The molecule has 6 nitrogen and oxygen atoms in total. The Labute approximate surface area is 147 Å². The first kappa shape index (κ1) is 17.5. The summed E-state index contributed by atoms with van der Waals surface area (Å²) >= 11 is 6.22. The average molecular weight is 354 g/mol. The minimum atomic E-state index is -0.425. The lowest BCUT2D eigenvalue weighted by Crippen LogP contribution is -2.57. The van der Waals surface area contributed by atoms with Crippen molar-refractivity contribution in [2.75, 3.05) is 38.2 Å². The number of rotatable bonds is 5. The summed E-state index contributed by atoms with van der Waals surface area (Å²) in [6.07, 6.45) is 6.12. The molecule has 1 N–H and O–H groups in total. The van der Waals surface area contributed by atoms with Gasteiger partial charge in [-0.2, -0.15) is 0 Å². The van der Waals surface area contributed by atoms with E-state index in [1.165, 1.54) is 44.2 Å². The number of anilines is 1. The molecule has 0 aromatic heterocycles. The Balaban J connectivity index is 1.72. The molecule has 2 fully saturated rings. The third kappa shape index (κ3) is 3.82. The Bertz CT molecular complexity index is 584. The number of morpholine rings is 1. The number of nitro groups is 1. The highest BCUT2D eigenvalue weighted by molar-refractivity contribution is 6.33. The predicted octanol–water partition coefficient (Wildman–Crippen LogP) is 3.70. The highest BCUT2D eigenvalue weighted by Crippen LogP contribution is 2.35. The Morgan fingerprint density at radius 2 is 1.96 bits per heavy atom. The van der Waals surface area contributed by atoms with Crippen LogP contribution in [0.2, 0.25) is 5.02 Å². The smallest absolute Gasteiger partial charge is 0.271 e. The van der Waals surface area contributed by atoms with E-state index in [9.17, 15) is 10.1 Å². The summed E-state index contributed by atoms with van der Waals surface area (Å²) in [5, 5.41) is 14.7. The van der Waals surface area contributed by atoms with Gasteiger partial charge in [0, 0.05) is 37.3 Å². The van der Waals surface area contributed by atoms with Crippen LogP contribution in [0.3, 0.4) is 0 Å². The lowest BCUT2D eigenvalue weighted by Gasteiger charge is -2.48. The zero-order chi connectivity index (χ0) is 17.0. The number of benzene rings is 1. The fourth-order valence-electron chi connectivity index (χ4n) is 3.87. The molecule has 1 aliphatic carbocycles. The summed E-state index contributed by atoms with van der Waals surface area (Å²) in [6, 6.07) is 4.61. The number of ether oxygens (including phenoxy) is 1. The van der Waals surface area contributed by atoms with Crippen molar-refractivity contribution < 1.29 is 9.66 Å². The highest BCUT2D eigenvalue weighted by Gasteiger charge is 2.38. The fourth-order valence-corrected chi connectivity index (χ4v) is 4.11. The number of hydrogen-bond acceptors (Lipinski definition) is 5. The fraction of sp³-hybridized carbons (Fsp3) is 0.647. The Kier molecular flexibility index (Phi) is 5.58. The van der Waals surface area contributed by atoms with Gasteiger partial charge in [-0.1, -0.05) is 30.9 Å². The summed E-state index contributed by atoms with van der Waals surface area (Å²) in [5.41, 5.74) is 0.916. The van der Waals surface area contributed by atoms with Crippen LogP contribution in [0.25, 0.3) is 0 Å². The standard InChI is InChI=1S/C17H24ClN3O3/c18-15-12-14(21(22)23)4-5-16(15)19-13-17(6-2-1-3-7-17)20-8-10-24-11-9-20/h4-5,12,19H,1-3,6-11,13H2. The molecule has 1 saturated heterocycles. The van der Waals surface area contributed by atoms with Gasteiger partial charge in [0.1, 0.15) is 0 Å². The number of non-ortho nitro benzene ring substituents is 1. The van der Waals surface area contributed by atoms with Crippen molar-refractivity contribution in [3.05, 3.63) is 33.3 Å². The predicted molar refractivity (Wildman–Crippen MR) is 94.8 cm³/mol. The number of nitrogens with zero attached hydrogens (tertiary/aromatic N) is 2. The van der Waals surface area contributed by atoms with Gasteiger partial charge < -0.3 is 10.1 Å². The van der Waals surface area contributed by atoms with E-state index in [2.05, 4.69) is 10.2 Å². The Morgan fingerprint density at radius 3 is 2.58 bits per heavy atom. The first-order valence-electron chi connectivity index (χ1n) is 8.61. The molecule has 0 unspecified atom stereocenters. The minimum Gasteiger partial charge on any atom is -0.382 e. The van der Waals surface area contributed by atoms with E-state index in [4.69, 9.17) is 16.3 Å². The van der Waals surface area contributed by atoms with Crippen LogP contribution in [0.5, 0.6) is 0 Å². The van der Waals surface area contributed by atoms with Gasteiger partial charge in [0.25, 0.3) is 5.69 Å². The van der Waals surface area contributed by atoms with Gasteiger partial charge in [-0.15, -0.1) is 0 Å². The van der Waals surface area contributed by atoms with Crippen molar-refractivity contribution in [1.82, 2.24) is 4.90 Å². The van der Waals surface area contributed by atoms with Gasteiger partial charge in [0.2, 0.25) is 0 Å². The maximum Gasteiger partial charge on any atom is 0.271 e. The lowest BCUT2D eigenvalue weighted by atomic mass is 9.79. The summed E-state index contributed by atoms with van der Waals surface area (Å²) in [4.78, 5) is 13.0. The molecule has 1 aromatic carbocycles. The van der Waals surface area contributed by atoms with Crippen LogP contribution < -0.4 is 5.32 Å². The SMILES string of the molecule is O=[N+]([O-])c1ccc(NCC2(N3CCOCC3)CCCCC2)c(Cl)c1. The number of hydrogen-bond donors (Lipinski definition) is 1. The highest BCUT2D eigenvalue weighted by atomic mass is 35.5. The topological polar surface area (TPSA) is 67.6 Å². The van der Waals surface area contributed by atoms with Crippen LogP contribution in [0.1, 0.15) is 32.1 Å². The van der Waals surface area contributed by atoms with Crippen molar-refractivity contribution in [2.24, 2.45) is 0 Å². The largest absolute Gasteiger partial charge is 0.382 e. The van der Waals surface area contributed by atoms with Crippen LogP contribution >= 0.6 is 11.6 Å². The van der Waals surface area contributed by atoms with Crippen molar-refractivity contribution in [3.8, 4) is 0 Å². The lowest BCUT2D eigenvalue weighted by molar-refractivity contribution is -0.384. The molecule has 24 heavy (non-hydrogen) atoms.